The highest BCUT2D eigenvalue weighted by molar-refractivity contribution is 5.70. The number of aromatic nitrogens is 3. The SMILES string of the molecule is O=Cc1cn(C2CCOCC2)nn1. The second-order valence-corrected chi connectivity index (χ2v) is 3.08. The van der Waals surface area contributed by atoms with Gasteiger partial charge in [-0.05, 0) is 12.8 Å². The molecule has 70 valence electrons. The fourth-order valence-electron chi connectivity index (χ4n) is 1.47. The van der Waals surface area contributed by atoms with Crippen molar-refractivity contribution in [1.82, 2.24) is 15.0 Å². The van der Waals surface area contributed by atoms with Crippen LogP contribution in [0.25, 0.3) is 0 Å². The first-order valence-electron chi connectivity index (χ1n) is 4.35. The molecular formula is C8H11N3O2. The summed E-state index contributed by atoms with van der Waals surface area (Å²) in [5, 5.41) is 7.60. The van der Waals surface area contributed by atoms with Gasteiger partial charge in [-0.2, -0.15) is 0 Å². The molecule has 13 heavy (non-hydrogen) atoms. The van der Waals surface area contributed by atoms with E-state index in [1.54, 1.807) is 10.9 Å². The molecule has 1 fully saturated rings. The topological polar surface area (TPSA) is 57.0 Å². The Hall–Kier alpha value is -1.23. The van der Waals surface area contributed by atoms with Crippen molar-refractivity contribution < 1.29 is 9.53 Å². The monoisotopic (exact) mass is 181 g/mol. The van der Waals surface area contributed by atoms with Crippen molar-refractivity contribution in [2.24, 2.45) is 0 Å². The van der Waals surface area contributed by atoms with Crippen molar-refractivity contribution in [3.05, 3.63) is 11.9 Å². The summed E-state index contributed by atoms with van der Waals surface area (Å²) in [7, 11) is 0. The number of carbonyl (C=O) groups is 1. The lowest BCUT2D eigenvalue weighted by atomic mass is 10.1. The highest BCUT2D eigenvalue weighted by Gasteiger charge is 2.16. The van der Waals surface area contributed by atoms with Crippen LogP contribution in [0.2, 0.25) is 0 Å². The van der Waals surface area contributed by atoms with Crippen molar-refractivity contribution in [3.8, 4) is 0 Å². The Morgan fingerprint density at radius 2 is 2.31 bits per heavy atom. The smallest absolute Gasteiger partial charge is 0.171 e. The first-order valence-corrected chi connectivity index (χ1v) is 4.35. The van der Waals surface area contributed by atoms with Crippen molar-refractivity contribution in [2.75, 3.05) is 13.2 Å². The van der Waals surface area contributed by atoms with Gasteiger partial charge in [0, 0.05) is 13.2 Å². The van der Waals surface area contributed by atoms with E-state index >= 15 is 0 Å². The van der Waals surface area contributed by atoms with Crippen LogP contribution in [0, 0.1) is 0 Å². The van der Waals surface area contributed by atoms with E-state index in [4.69, 9.17) is 4.74 Å². The predicted octanol–water partition coefficient (Wildman–Crippen LogP) is 0.442. The van der Waals surface area contributed by atoms with Crippen LogP contribution in [-0.4, -0.2) is 34.5 Å². The van der Waals surface area contributed by atoms with Crippen LogP contribution < -0.4 is 0 Å². The van der Waals surface area contributed by atoms with Crippen LogP contribution in [0.15, 0.2) is 6.20 Å². The first-order chi connectivity index (χ1) is 6.40. The number of rotatable bonds is 2. The molecule has 1 aromatic rings. The zero-order chi connectivity index (χ0) is 9.10. The zero-order valence-electron chi connectivity index (χ0n) is 7.22. The Balaban J connectivity index is 2.09. The van der Waals surface area contributed by atoms with Crippen LogP contribution in [-0.2, 0) is 4.74 Å². The molecule has 1 aliphatic rings. The van der Waals surface area contributed by atoms with Gasteiger partial charge in [-0.1, -0.05) is 5.21 Å². The Kier molecular flexibility index (Phi) is 2.35. The minimum Gasteiger partial charge on any atom is -0.381 e. The molecule has 0 aromatic carbocycles. The standard InChI is InChI=1S/C8H11N3O2/c12-6-7-5-11(10-9-7)8-1-3-13-4-2-8/h5-6,8H,1-4H2. The minimum atomic E-state index is 0.343. The van der Waals surface area contributed by atoms with Gasteiger partial charge in [0.15, 0.2) is 6.29 Å². The van der Waals surface area contributed by atoms with Gasteiger partial charge in [-0.3, -0.25) is 4.79 Å². The van der Waals surface area contributed by atoms with Crippen LogP contribution >= 0.6 is 0 Å². The summed E-state index contributed by atoms with van der Waals surface area (Å²) in [5.41, 5.74) is 0.395. The molecule has 0 unspecified atom stereocenters. The van der Waals surface area contributed by atoms with Crippen molar-refractivity contribution in [2.45, 2.75) is 18.9 Å². The van der Waals surface area contributed by atoms with E-state index in [9.17, 15) is 4.79 Å². The molecule has 0 bridgehead atoms. The Bertz CT molecular complexity index is 291. The van der Waals surface area contributed by atoms with Gasteiger partial charge in [0.1, 0.15) is 5.69 Å². The van der Waals surface area contributed by atoms with Gasteiger partial charge in [0.25, 0.3) is 0 Å². The third-order valence-electron chi connectivity index (χ3n) is 2.21. The Morgan fingerprint density at radius 3 is 2.92 bits per heavy atom. The molecule has 5 nitrogen and oxygen atoms in total. The molecular weight excluding hydrogens is 170 g/mol. The average molecular weight is 181 g/mol. The van der Waals surface area contributed by atoms with Crippen molar-refractivity contribution in [3.63, 3.8) is 0 Å². The van der Waals surface area contributed by atoms with Crippen molar-refractivity contribution >= 4 is 6.29 Å². The van der Waals surface area contributed by atoms with Crippen LogP contribution in [0.5, 0.6) is 0 Å². The number of carbonyl (C=O) groups excluding carboxylic acids is 1. The first kappa shape index (κ1) is 8.37. The summed E-state index contributed by atoms with van der Waals surface area (Å²) in [6, 6.07) is 0.343. The summed E-state index contributed by atoms with van der Waals surface area (Å²) < 4.78 is 6.98. The highest BCUT2D eigenvalue weighted by Crippen LogP contribution is 2.18. The number of ether oxygens (including phenoxy) is 1. The van der Waals surface area contributed by atoms with Gasteiger partial charge in [-0.25, -0.2) is 4.68 Å². The maximum atomic E-state index is 10.4. The second-order valence-electron chi connectivity index (χ2n) is 3.08. The van der Waals surface area contributed by atoms with E-state index in [1.807, 2.05) is 0 Å². The second kappa shape index (κ2) is 3.66. The highest BCUT2D eigenvalue weighted by atomic mass is 16.5. The Morgan fingerprint density at radius 1 is 1.54 bits per heavy atom. The molecule has 0 spiro atoms. The summed E-state index contributed by atoms with van der Waals surface area (Å²) in [4.78, 5) is 10.4. The van der Waals surface area contributed by atoms with Crippen LogP contribution in [0.1, 0.15) is 29.4 Å². The minimum absolute atomic E-state index is 0.343. The zero-order valence-corrected chi connectivity index (χ0v) is 7.22. The number of aldehydes is 1. The summed E-state index contributed by atoms with van der Waals surface area (Å²) in [5.74, 6) is 0. The molecule has 2 heterocycles. The molecule has 1 aromatic heterocycles. The fourth-order valence-corrected chi connectivity index (χ4v) is 1.47. The molecule has 0 amide bonds. The average Bonchev–Trinajstić information content (AvgIpc) is 2.67. The summed E-state index contributed by atoms with van der Waals surface area (Å²) >= 11 is 0. The van der Waals surface area contributed by atoms with Gasteiger partial charge >= 0.3 is 0 Å². The molecule has 0 atom stereocenters. The van der Waals surface area contributed by atoms with E-state index in [-0.39, 0.29) is 0 Å². The molecule has 0 aliphatic carbocycles. The maximum absolute atomic E-state index is 10.4. The third-order valence-corrected chi connectivity index (χ3v) is 2.21. The molecule has 0 N–H and O–H groups in total. The summed E-state index contributed by atoms with van der Waals surface area (Å²) in [6.07, 6.45) is 4.29. The molecule has 1 aliphatic heterocycles. The molecule has 5 heteroatoms. The van der Waals surface area contributed by atoms with Crippen LogP contribution in [0.3, 0.4) is 0 Å². The molecule has 2 rings (SSSR count). The van der Waals surface area contributed by atoms with E-state index in [1.165, 1.54) is 0 Å². The van der Waals surface area contributed by atoms with Gasteiger partial charge in [0.2, 0.25) is 0 Å². The number of hydrogen-bond acceptors (Lipinski definition) is 4. The fraction of sp³-hybridized carbons (Fsp3) is 0.625. The quantitative estimate of drug-likeness (QED) is 0.621. The predicted molar refractivity (Wildman–Crippen MR) is 44.5 cm³/mol. The molecule has 1 saturated heterocycles. The largest absolute Gasteiger partial charge is 0.381 e. The van der Waals surface area contributed by atoms with Crippen molar-refractivity contribution in [1.29, 1.82) is 0 Å². The summed E-state index contributed by atoms with van der Waals surface area (Å²) in [6.45, 7) is 1.53. The van der Waals surface area contributed by atoms with Crippen LogP contribution in [0.4, 0.5) is 0 Å². The molecule has 0 radical (unpaired) electrons. The van der Waals surface area contributed by atoms with E-state index < -0.39 is 0 Å². The third kappa shape index (κ3) is 1.75. The van der Waals surface area contributed by atoms with Gasteiger partial charge in [-0.15, -0.1) is 5.10 Å². The lowest BCUT2D eigenvalue weighted by Crippen LogP contribution is -2.19. The van der Waals surface area contributed by atoms with E-state index in [0.29, 0.717) is 18.0 Å². The number of nitrogens with zero attached hydrogens (tertiary/aromatic N) is 3. The number of hydrogen-bond donors (Lipinski definition) is 0. The lowest BCUT2D eigenvalue weighted by Gasteiger charge is -2.21. The Labute approximate surface area is 75.7 Å². The maximum Gasteiger partial charge on any atom is 0.171 e. The molecule has 0 saturated carbocycles. The van der Waals surface area contributed by atoms with E-state index in [2.05, 4.69) is 10.3 Å². The van der Waals surface area contributed by atoms with Gasteiger partial charge in [0.05, 0.1) is 12.2 Å². The lowest BCUT2D eigenvalue weighted by molar-refractivity contribution is 0.0657. The normalized spacial score (nSPS) is 18.8. The van der Waals surface area contributed by atoms with Gasteiger partial charge < -0.3 is 4.74 Å². The van der Waals surface area contributed by atoms with E-state index in [0.717, 1.165) is 26.1 Å².